The summed E-state index contributed by atoms with van der Waals surface area (Å²) in [5.74, 6) is 0.840. The van der Waals surface area contributed by atoms with Crippen molar-refractivity contribution in [1.29, 1.82) is 0 Å². The van der Waals surface area contributed by atoms with Crippen molar-refractivity contribution in [1.82, 2.24) is 5.32 Å². The molecule has 0 radical (unpaired) electrons. The molecule has 6 nitrogen and oxygen atoms in total. The first-order chi connectivity index (χ1) is 10.00. The summed E-state index contributed by atoms with van der Waals surface area (Å²) in [5, 5.41) is 2.64. The minimum Gasteiger partial charge on any atom is -0.464 e. The summed E-state index contributed by atoms with van der Waals surface area (Å²) in [5.41, 5.74) is 3.70. The lowest BCUT2D eigenvalue weighted by atomic mass is 10.1. The number of carbonyl (C=O) groups is 2. The van der Waals surface area contributed by atoms with E-state index in [0.29, 0.717) is 24.7 Å². The van der Waals surface area contributed by atoms with Crippen molar-refractivity contribution < 1.29 is 19.1 Å². The molecule has 0 fully saturated rings. The molecule has 0 aliphatic carbocycles. The van der Waals surface area contributed by atoms with Gasteiger partial charge in [-0.05, 0) is 33.6 Å². The van der Waals surface area contributed by atoms with Gasteiger partial charge in [0.15, 0.2) is 0 Å². The first-order valence-electron chi connectivity index (χ1n) is 7.46. The Morgan fingerprint density at radius 3 is 2.27 bits per heavy atom. The predicted octanol–water partition coefficient (Wildman–Crippen LogP) is 2.16. The molecule has 0 unspecified atom stereocenters. The zero-order valence-electron chi connectivity index (χ0n) is 14.5. The van der Waals surface area contributed by atoms with Crippen molar-refractivity contribution in [2.24, 2.45) is 11.7 Å². The molecule has 0 spiro atoms. The number of alkyl carbamates (subject to hydrolysis) is 1. The van der Waals surface area contributed by atoms with Crippen molar-refractivity contribution >= 4 is 23.8 Å². The highest BCUT2D eigenvalue weighted by Crippen LogP contribution is 2.17. The van der Waals surface area contributed by atoms with Crippen molar-refractivity contribution in [3.05, 3.63) is 0 Å². The Bertz CT molecular complexity index is 369. The van der Waals surface area contributed by atoms with E-state index in [1.54, 1.807) is 27.7 Å². The molecule has 0 bridgehead atoms. The molecule has 130 valence electrons. The molecule has 3 N–H and O–H groups in total. The Morgan fingerprint density at radius 1 is 1.23 bits per heavy atom. The SMILES string of the molecule is CC(C)COC(=O)[C@](C)(CSCCN)NC(=O)OC(C)(C)C. The van der Waals surface area contributed by atoms with Gasteiger partial charge in [-0.15, -0.1) is 0 Å². The van der Waals surface area contributed by atoms with E-state index in [1.165, 1.54) is 11.8 Å². The Hall–Kier alpha value is -0.950. The van der Waals surface area contributed by atoms with Crippen LogP contribution < -0.4 is 11.1 Å². The smallest absolute Gasteiger partial charge is 0.408 e. The second-order valence-corrected chi connectivity index (χ2v) is 7.90. The molecule has 1 amide bonds. The second kappa shape index (κ2) is 9.25. The molecule has 0 saturated carbocycles. The number of hydrogen-bond acceptors (Lipinski definition) is 6. The highest BCUT2D eigenvalue weighted by Gasteiger charge is 2.38. The number of esters is 1. The van der Waals surface area contributed by atoms with Gasteiger partial charge in [0, 0.05) is 18.1 Å². The van der Waals surface area contributed by atoms with Crippen LogP contribution in [0.25, 0.3) is 0 Å². The molecule has 0 aromatic rings. The summed E-state index contributed by atoms with van der Waals surface area (Å²) in [6.07, 6.45) is -0.634. The number of amides is 1. The van der Waals surface area contributed by atoms with Gasteiger partial charge in [0.05, 0.1) is 6.61 Å². The highest BCUT2D eigenvalue weighted by atomic mass is 32.2. The maximum atomic E-state index is 12.3. The Morgan fingerprint density at radius 2 is 1.82 bits per heavy atom. The van der Waals surface area contributed by atoms with E-state index >= 15 is 0 Å². The number of nitrogens with two attached hydrogens (primary N) is 1. The quantitative estimate of drug-likeness (QED) is 0.522. The standard InChI is InChI=1S/C15H30N2O4S/c1-11(2)9-20-12(18)15(6,10-22-8-7-16)17-13(19)21-14(3,4)5/h11H,7-10,16H2,1-6H3,(H,17,19)/t15-/m0/s1. The molecule has 22 heavy (non-hydrogen) atoms. The third-order valence-corrected chi connectivity index (χ3v) is 3.73. The predicted molar refractivity (Wildman–Crippen MR) is 90.0 cm³/mol. The van der Waals surface area contributed by atoms with E-state index in [1.807, 2.05) is 13.8 Å². The van der Waals surface area contributed by atoms with Gasteiger partial charge in [0.1, 0.15) is 11.1 Å². The average molecular weight is 334 g/mol. The summed E-state index contributed by atoms with van der Waals surface area (Å²) in [4.78, 5) is 24.3. The Balaban J connectivity index is 4.84. The van der Waals surface area contributed by atoms with Gasteiger partial charge < -0.3 is 20.5 Å². The van der Waals surface area contributed by atoms with Gasteiger partial charge in [-0.1, -0.05) is 13.8 Å². The van der Waals surface area contributed by atoms with E-state index in [2.05, 4.69) is 5.32 Å². The number of nitrogens with one attached hydrogen (secondary N) is 1. The normalized spacial score (nSPS) is 14.4. The van der Waals surface area contributed by atoms with E-state index in [9.17, 15) is 9.59 Å². The fourth-order valence-corrected chi connectivity index (χ4v) is 2.35. The first kappa shape index (κ1) is 21.0. The summed E-state index contributed by atoms with van der Waals surface area (Å²) >= 11 is 1.49. The second-order valence-electron chi connectivity index (χ2n) is 6.79. The fraction of sp³-hybridized carbons (Fsp3) is 0.867. The molecule has 7 heteroatoms. The molecule has 0 aliphatic rings. The zero-order chi connectivity index (χ0) is 17.4. The monoisotopic (exact) mass is 334 g/mol. The molecular weight excluding hydrogens is 304 g/mol. The number of hydrogen-bond donors (Lipinski definition) is 2. The van der Waals surface area contributed by atoms with Gasteiger partial charge in [0.2, 0.25) is 0 Å². The third kappa shape index (κ3) is 9.15. The van der Waals surface area contributed by atoms with Crippen molar-refractivity contribution in [3.63, 3.8) is 0 Å². The maximum Gasteiger partial charge on any atom is 0.408 e. The van der Waals surface area contributed by atoms with E-state index < -0.39 is 23.2 Å². The summed E-state index contributed by atoms with van der Waals surface area (Å²) in [6, 6.07) is 0. The lowest BCUT2D eigenvalue weighted by Gasteiger charge is -2.30. The summed E-state index contributed by atoms with van der Waals surface area (Å²) in [7, 11) is 0. The molecule has 0 saturated heterocycles. The van der Waals surface area contributed by atoms with Gasteiger partial charge in [-0.3, -0.25) is 0 Å². The van der Waals surface area contributed by atoms with Gasteiger partial charge in [-0.2, -0.15) is 11.8 Å². The summed E-state index contributed by atoms with van der Waals surface area (Å²) in [6.45, 7) is 11.7. The molecular formula is C15H30N2O4S. The van der Waals surface area contributed by atoms with E-state index in [4.69, 9.17) is 15.2 Å². The molecule has 0 aromatic carbocycles. The molecule has 0 aliphatic heterocycles. The fourth-order valence-electron chi connectivity index (χ4n) is 1.44. The molecule has 0 aromatic heterocycles. The van der Waals surface area contributed by atoms with Crippen LogP contribution in [0.1, 0.15) is 41.5 Å². The molecule has 0 rings (SSSR count). The molecule has 0 heterocycles. The van der Waals surface area contributed by atoms with Crippen LogP contribution in [0.3, 0.4) is 0 Å². The zero-order valence-corrected chi connectivity index (χ0v) is 15.3. The maximum absolute atomic E-state index is 12.3. The van der Waals surface area contributed by atoms with Gasteiger partial charge >= 0.3 is 12.1 Å². The van der Waals surface area contributed by atoms with E-state index in [-0.39, 0.29) is 5.92 Å². The van der Waals surface area contributed by atoms with Crippen LogP contribution >= 0.6 is 11.8 Å². The van der Waals surface area contributed by atoms with Gasteiger partial charge in [-0.25, -0.2) is 9.59 Å². The minimum atomic E-state index is -1.14. The summed E-state index contributed by atoms with van der Waals surface area (Å²) < 4.78 is 10.5. The Kier molecular flexibility index (Phi) is 8.85. The largest absolute Gasteiger partial charge is 0.464 e. The Labute approximate surface area is 137 Å². The molecule has 1 atom stereocenters. The highest BCUT2D eigenvalue weighted by molar-refractivity contribution is 7.99. The van der Waals surface area contributed by atoms with Crippen molar-refractivity contribution in [3.8, 4) is 0 Å². The average Bonchev–Trinajstić information content (AvgIpc) is 2.33. The topological polar surface area (TPSA) is 90.6 Å². The van der Waals surface area contributed by atoms with Crippen molar-refractivity contribution in [2.45, 2.75) is 52.7 Å². The first-order valence-corrected chi connectivity index (χ1v) is 8.62. The van der Waals surface area contributed by atoms with Crippen LogP contribution in [0, 0.1) is 5.92 Å². The number of carbonyl (C=O) groups excluding carboxylic acids is 2. The third-order valence-electron chi connectivity index (χ3n) is 2.43. The lowest BCUT2D eigenvalue weighted by molar-refractivity contribution is -0.151. The minimum absolute atomic E-state index is 0.228. The van der Waals surface area contributed by atoms with Crippen molar-refractivity contribution in [2.75, 3.05) is 24.7 Å². The van der Waals surface area contributed by atoms with E-state index in [0.717, 1.165) is 0 Å². The number of ether oxygens (including phenoxy) is 2. The number of thioether (sulfide) groups is 1. The van der Waals surface area contributed by atoms with Crippen LogP contribution in [-0.2, 0) is 14.3 Å². The van der Waals surface area contributed by atoms with Gasteiger partial charge in [0.25, 0.3) is 0 Å². The van der Waals surface area contributed by atoms with Crippen LogP contribution in [0.4, 0.5) is 4.79 Å². The van der Waals surface area contributed by atoms with Crippen LogP contribution in [-0.4, -0.2) is 47.9 Å². The van der Waals surface area contributed by atoms with Crippen LogP contribution in [0.15, 0.2) is 0 Å². The van der Waals surface area contributed by atoms with Crippen LogP contribution in [0.5, 0.6) is 0 Å². The van der Waals surface area contributed by atoms with Crippen LogP contribution in [0.2, 0.25) is 0 Å². The lowest BCUT2D eigenvalue weighted by Crippen LogP contribution is -2.56. The number of rotatable bonds is 8.